The van der Waals surface area contributed by atoms with Crippen molar-refractivity contribution in [3.8, 4) is 5.75 Å². The van der Waals surface area contributed by atoms with Gasteiger partial charge in [0, 0.05) is 5.56 Å². The normalized spacial score (nSPS) is 12.6. The molecular formula is C10H13BrO3. The van der Waals surface area contributed by atoms with Crippen LogP contribution in [0.3, 0.4) is 0 Å². The van der Waals surface area contributed by atoms with Crippen molar-refractivity contribution >= 4 is 15.9 Å². The lowest BCUT2D eigenvalue weighted by molar-refractivity contribution is 0.120. The number of hydrogen-bond donors (Lipinski definition) is 2. The summed E-state index contributed by atoms with van der Waals surface area (Å²) >= 11 is 3.32. The van der Waals surface area contributed by atoms with Gasteiger partial charge in [0.05, 0.1) is 17.2 Å². The Morgan fingerprint density at radius 2 is 2.21 bits per heavy atom. The summed E-state index contributed by atoms with van der Waals surface area (Å²) in [6.07, 6.45) is -0.520. The van der Waals surface area contributed by atoms with Crippen LogP contribution in [-0.2, 0) is 6.61 Å². The highest BCUT2D eigenvalue weighted by Gasteiger charge is 2.08. The number of hydrogen-bond acceptors (Lipinski definition) is 3. The molecule has 0 saturated heterocycles. The number of benzene rings is 1. The molecule has 0 aliphatic rings. The van der Waals surface area contributed by atoms with Gasteiger partial charge in [-0.15, -0.1) is 0 Å². The van der Waals surface area contributed by atoms with E-state index in [0.717, 1.165) is 4.47 Å². The van der Waals surface area contributed by atoms with Crippen LogP contribution in [0.1, 0.15) is 12.5 Å². The van der Waals surface area contributed by atoms with Crippen molar-refractivity contribution in [1.29, 1.82) is 0 Å². The largest absolute Gasteiger partial charge is 0.489 e. The van der Waals surface area contributed by atoms with Crippen molar-refractivity contribution in [2.24, 2.45) is 0 Å². The Labute approximate surface area is 91.5 Å². The first-order valence-electron chi connectivity index (χ1n) is 4.34. The molecule has 3 nitrogen and oxygen atoms in total. The zero-order valence-corrected chi connectivity index (χ0v) is 9.49. The van der Waals surface area contributed by atoms with E-state index in [1.165, 1.54) is 0 Å². The predicted molar refractivity (Wildman–Crippen MR) is 57.2 cm³/mol. The zero-order chi connectivity index (χ0) is 10.6. The molecule has 0 aliphatic heterocycles. The summed E-state index contributed by atoms with van der Waals surface area (Å²) < 4.78 is 6.15. The Kier molecular flexibility index (Phi) is 4.38. The Morgan fingerprint density at radius 3 is 2.79 bits per heavy atom. The van der Waals surface area contributed by atoms with Gasteiger partial charge in [-0.3, -0.25) is 0 Å². The van der Waals surface area contributed by atoms with Gasteiger partial charge in [-0.1, -0.05) is 12.1 Å². The van der Waals surface area contributed by atoms with Crippen LogP contribution in [0, 0.1) is 0 Å². The van der Waals surface area contributed by atoms with Gasteiger partial charge in [0.25, 0.3) is 0 Å². The molecule has 1 rings (SSSR count). The highest BCUT2D eigenvalue weighted by atomic mass is 79.9. The van der Waals surface area contributed by atoms with Crippen LogP contribution in [-0.4, -0.2) is 22.9 Å². The molecule has 0 spiro atoms. The van der Waals surface area contributed by atoms with Gasteiger partial charge < -0.3 is 14.9 Å². The fraction of sp³-hybridized carbons (Fsp3) is 0.400. The van der Waals surface area contributed by atoms with E-state index in [2.05, 4.69) is 15.9 Å². The molecule has 0 radical (unpaired) electrons. The van der Waals surface area contributed by atoms with Gasteiger partial charge in [-0.25, -0.2) is 0 Å². The zero-order valence-electron chi connectivity index (χ0n) is 7.90. The third-order valence-corrected chi connectivity index (χ3v) is 2.31. The lowest BCUT2D eigenvalue weighted by Crippen LogP contribution is -2.13. The van der Waals surface area contributed by atoms with E-state index < -0.39 is 6.10 Å². The number of ether oxygens (including phenoxy) is 1. The molecule has 0 aliphatic carbocycles. The average molecular weight is 261 g/mol. The lowest BCUT2D eigenvalue weighted by Gasteiger charge is -2.12. The molecule has 0 bridgehead atoms. The Morgan fingerprint density at radius 1 is 1.50 bits per heavy atom. The lowest BCUT2D eigenvalue weighted by atomic mass is 10.2. The summed E-state index contributed by atoms with van der Waals surface area (Å²) in [5.41, 5.74) is 0.708. The van der Waals surface area contributed by atoms with Crippen LogP contribution in [0.4, 0.5) is 0 Å². The van der Waals surface area contributed by atoms with Gasteiger partial charge in [0.15, 0.2) is 0 Å². The van der Waals surface area contributed by atoms with Gasteiger partial charge in [-0.05, 0) is 28.9 Å². The van der Waals surface area contributed by atoms with Crippen molar-refractivity contribution < 1.29 is 14.9 Å². The smallest absolute Gasteiger partial charge is 0.139 e. The van der Waals surface area contributed by atoms with Gasteiger partial charge in [0.2, 0.25) is 0 Å². The fourth-order valence-corrected chi connectivity index (χ4v) is 1.57. The first-order chi connectivity index (χ1) is 6.65. The molecule has 0 saturated carbocycles. The molecule has 1 unspecified atom stereocenters. The molecule has 1 aromatic rings. The SMILES string of the molecule is CC(O)COc1c(Br)cccc1CO. The van der Waals surface area contributed by atoms with Gasteiger partial charge >= 0.3 is 0 Å². The molecule has 14 heavy (non-hydrogen) atoms. The topological polar surface area (TPSA) is 49.7 Å². The first-order valence-corrected chi connectivity index (χ1v) is 5.13. The first kappa shape index (κ1) is 11.5. The van der Waals surface area contributed by atoms with E-state index in [1.807, 2.05) is 12.1 Å². The molecule has 0 amide bonds. The van der Waals surface area contributed by atoms with E-state index in [0.29, 0.717) is 11.3 Å². The third-order valence-electron chi connectivity index (χ3n) is 1.69. The second kappa shape index (κ2) is 5.34. The molecule has 2 N–H and O–H groups in total. The summed E-state index contributed by atoms with van der Waals surface area (Å²) in [5.74, 6) is 0.593. The number of para-hydroxylation sites is 1. The van der Waals surface area contributed by atoms with Crippen LogP contribution in [0.2, 0.25) is 0 Å². The van der Waals surface area contributed by atoms with Crippen molar-refractivity contribution in [3.63, 3.8) is 0 Å². The number of aliphatic hydroxyl groups is 2. The van der Waals surface area contributed by atoms with Crippen molar-refractivity contribution in [2.45, 2.75) is 19.6 Å². The molecule has 4 heteroatoms. The molecule has 0 aromatic heterocycles. The Bertz CT molecular complexity index is 299. The van der Waals surface area contributed by atoms with Crippen LogP contribution in [0.5, 0.6) is 5.75 Å². The maximum Gasteiger partial charge on any atom is 0.139 e. The quantitative estimate of drug-likeness (QED) is 0.867. The molecule has 78 valence electrons. The fourth-order valence-electron chi connectivity index (χ4n) is 1.04. The molecular weight excluding hydrogens is 248 g/mol. The minimum absolute atomic E-state index is 0.0748. The molecule has 0 heterocycles. The standard InChI is InChI=1S/C10H13BrO3/c1-7(13)6-14-10-8(5-12)3-2-4-9(10)11/h2-4,7,12-13H,5-6H2,1H3. The Balaban J connectivity index is 2.82. The third kappa shape index (κ3) is 2.97. The monoisotopic (exact) mass is 260 g/mol. The minimum Gasteiger partial charge on any atom is -0.489 e. The maximum atomic E-state index is 9.07. The van der Waals surface area contributed by atoms with Crippen LogP contribution in [0.25, 0.3) is 0 Å². The van der Waals surface area contributed by atoms with Crippen LogP contribution >= 0.6 is 15.9 Å². The number of halogens is 1. The molecule has 1 aromatic carbocycles. The van der Waals surface area contributed by atoms with E-state index in [-0.39, 0.29) is 13.2 Å². The highest BCUT2D eigenvalue weighted by Crippen LogP contribution is 2.29. The second-order valence-corrected chi connectivity index (χ2v) is 3.90. The summed E-state index contributed by atoms with van der Waals surface area (Å²) in [6, 6.07) is 5.43. The highest BCUT2D eigenvalue weighted by molar-refractivity contribution is 9.10. The van der Waals surface area contributed by atoms with Crippen molar-refractivity contribution in [1.82, 2.24) is 0 Å². The second-order valence-electron chi connectivity index (χ2n) is 3.05. The average Bonchev–Trinajstić information content (AvgIpc) is 2.15. The van der Waals surface area contributed by atoms with E-state index in [1.54, 1.807) is 13.0 Å². The minimum atomic E-state index is -0.520. The number of aliphatic hydroxyl groups excluding tert-OH is 2. The summed E-state index contributed by atoms with van der Waals surface area (Å²) in [5, 5.41) is 18.1. The molecule has 0 fully saturated rings. The van der Waals surface area contributed by atoms with Crippen LogP contribution < -0.4 is 4.74 Å². The molecule has 1 atom stereocenters. The maximum absolute atomic E-state index is 9.07. The number of rotatable bonds is 4. The summed E-state index contributed by atoms with van der Waals surface area (Å²) in [4.78, 5) is 0. The van der Waals surface area contributed by atoms with Gasteiger partial charge in [-0.2, -0.15) is 0 Å². The van der Waals surface area contributed by atoms with E-state index in [9.17, 15) is 0 Å². The van der Waals surface area contributed by atoms with E-state index >= 15 is 0 Å². The predicted octanol–water partition coefficient (Wildman–Crippen LogP) is 1.70. The summed E-state index contributed by atoms with van der Waals surface area (Å²) in [7, 11) is 0. The van der Waals surface area contributed by atoms with Crippen LogP contribution in [0.15, 0.2) is 22.7 Å². The summed E-state index contributed by atoms with van der Waals surface area (Å²) in [6.45, 7) is 1.79. The van der Waals surface area contributed by atoms with Gasteiger partial charge in [0.1, 0.15) is 12.4 Å². The van der Waals surface area contributed by atoms with Crippen molar-refractivity contribution in [3.05, 3.63) is 28.2 Å². The van der Waals surface area contributed by atoms with Crippen molar-refractivity contribution in [2.75, 3.05) is 6.61 Å². The Hall–Kier alpha value is -0.580. The van der Waals surface area contributed by atoms with E-state index in [4.69, 9.17) is 14.9 Å².